The molecule has 7 heteroatoms. The number of hydrogen-bond donors (Lipinski definition) is 4. The Labute approximate surface area is 96.5 Å². The van der Waals surface area contributed by atoms with Crippen molar-refractivity contribution in [3.05, 3.63) is 26.7 Å². The van der Waals surface area contributed by atoms with E-state index in [0.29, 0.717) is 12.2 Å². The molecule has 0 aliphatic carbocycles. The molecule has 0 saturated carbocycles. The van der Waals surface area contributed by atoms with Crippen LogP contribution in [0.5, 0.6) is 0 Å². The molecule has 2 aromatic rings. The number of nitrogens with zero attached hydrogens (tertiary/aromatic N) is 1. The topological polar surface area (TPSA) is 120 Å². The van der Waals surface area contributed by atoms with Gasteiger partial charge in [-0.3, -0.25) is 14.8 Å². The molecule has 2 aromatic heterocycles. The van der Waals surface area contributed by atoms with Gasteiger partial charge in [0.05, 0.1) is 0 Å². The van der Waals surface area contributed by atoms with Gasteiger partial charge in [-0.05, 0) is 20.3 Å². The Kier molecular flexibility index (Phi) is 2.62. The summed E-state index contributed by atoms with van der Waals surface area (Å²) >= 11 is 0. The molecule has 5 N–H and O–H groups in total. The Morgan fingerprint density at radius 1 is 1.24 bits per heavy atom. The summed E-state index contributed by atoms with van der Waals surface area (Å²) in [5.41, 5.74) is 5.12. The maximum atomic E-state index is 11.4. The summed E-state index contributed by atoms with van der Waals surface area (Å²) in [6, 6.07) is 0. The van der Waals surface area contributed by atoms with Crippen LogP contribution in [0, 0.1) is 0 Å². The van der Waals surface area contributed by atoms with Crippen molar-refractivity contribution in [3.8, 4) is 0 Å². The highest BCUT2D eigenvalue weighted by Gasteiger charge is 2.13. The van der Waals surface area contributed by atoms with Gasteiger partial charge in [-0.1, -0.05) is 0 Å². The summed E-state index contributed by atoms with van der Waals surface area (Å²) < 4.78 is 0. The summed E-state index contributed by atoms with van der Waals surface area (Å²) in [6.07, 6.45) is 1.36. The van der Waals surface area contributed by atoms with Crippen molar-refractivity contribution in [2.75, 3.05) is 0 Å². The van der Waals surface area contributed by atoms with Crippen LogP contribution < -0.4 is 17.0 Å². The zero-order valence-electron chi connectivity index (χ0n) is 9.76. The van der Waals surface area contributed by atoms with Gasteiger partial charge < -0.3 is 10.7 Å². The maximum absolute atomic E-state index is 11.4. The fraction of sp³-hybridized carbons (Fsp3) is 0.500. The third-order valence-electron chi connectivity index (χ3n) is 2.45. The number of nitrogens with two attached hydrogens (primary N) is 1. The Morgan fingerprint density at radius 2 is 1.94 bits per heavy atom. The summed E-state index contributed by atoms with van der Waals surface area (Å²) in [5, 5.41) is 0. The van der Waals surface area contributed by atoms with Crippen LogP contribution >= 0.6 is 0 Å². The highest BCUT2D eigenvalue weighted by Crippen LogP contribution is 2.10. The van der Waals surface area contributed by atoms with Crippen LogP contribution in [0.3, 0.4) is 0 Å². The second kappa shape index (κ2) is 3.85. The van der Waals surface area contributed by atoms with Gasteiger partial charge in [0.25, 0.3) is 5.56 Å². The number of hydrogen-bond acceptors (Lipinski definition) is 4. The van der Waals surface area contributed by atoms with Gasteiger partial charge in [-0.2, -0.15) is 0 Å². The van der Waals surface area contributed by atoms with E-state index in [0.717, 1.165) is 6.42 Å². The summed E-state index contributed by atoms with van der Waals surface area (Å²) in [5.74, 6) is 0.644. The van der Waals surface area contributed by atoms with Gasteiger partial charge in [0.2, 0.25) is 0 Å². The predicted molar refractivity (Wildman–Crippen MR) is 63.9 cm³/mol. The highest BCUT2D eigenvalue weighted by atomic mass is 16.2. The first-order valence-electron chi connectivity index (χ1n) is 5.35. The number of aromatic nitrogens is 4. The lowest BCUT2D eigenvalue weighted by Gasteiger charge is -2.16. The van der Waals surface area contributed by atoms with Crippen LogP contribution in [-0.4, -0.2) is 25.5 Å². The van der Waals surface area contributed by atoms with Crippen molar-refractivity contribution in [1.29, 1.82) is 0 Å². The zero-order valence-corrected chi connectivity index (χ0v) is 9.76. The lowest BCUT2D eigenvalue weighted by atomic mass is 10.0. The summed E-state index contributed by atoms with van der Waals surface area (Å²) in [4.78, 5) is 34.1. The van der Waals surface area contributed by atoms with Gasteiger partial charge >= 0.3 is 5.69 Å². The van der Waals surface area contributed by atoms with Crippen molar-refractivity contribution in [1.82, 2.24) is 19.9 Å². The second-order valence-corrected chi connectivity index (χ2v) is 4.80. The van der Waals surface area contributed by atoms with E-state index in [1.54, 1.807) is 0 Å². The Balaban J connectivity index is 2.36. The average Bonchev–Trinajstić information content (AvgIpc) is 2.56. The summed E-state index contributed by atoms with van der Waals surface area (Å²) in [7, 11) is 0. The SMILES string of the molecule is CC(C)(N)CCc1nc2[nH]c(=O)[nH]c(=O)c2[nH]1. The van der Waals surface area contributed by atoms with E-state index in [9.17, 15) is 9.59 Å². The van der Waals surface area contributed by atoms with Crippen molar-refractivity contribution in [2.45, 2.75) is 32.2 Å². The minimum atomic E-state index is -0.556. The van der Waals surface area contributed by atoms with Gasteiger partial charge in [0, 0.05) is 12.0 Å². The molecule has 0 aliphatic rings. The van der Waals surface area contributed by atoms with Crippen LogP contribution in [0.1, 0.15) is 26.1 Å². The largest absolute Gasteiger partial charge is 0.336 e. The molecule has 0 aliphatic heterocycles. The molecule has 0 bridgehead atoms. The van der Waals surface area contributed by atoms with Gasteiger partial charge in [0.15, 0.2) is 5.65 Å². The molecule has 92 valence electrons. The quantitative estimate of drug-likeness (QED) is 0.581. The second-order valence-electron chi connectivity index (χ2n) is 4.80. The Bertz CT molecular complexity index is 643. The van der Waals surface area contributed by atoms with Crippen LogP contribution in [-0.2, 0) is 6.42 Å². The van der Waals surface area contributed by atoms with Crippen molar-refractivity contribution < 1.29 is 0 Å². The van der Waals surface area contributed by atoms with Gasteiger partial charge in [0.1, 0.15) is 11.3 Å². The fourth-order valence-electron chi connectivity index (χ4n) is 1.54. The normalized spacial score (nSPS) is 12.2. The van der Waals surface area contributed by atoms with E-state index in [1.165, 1.54) is 0 Å². The Morgan fingerprint density at radius 3 is 2.59 bits per heavy atom. The van der Waals surface area contributed by atoms with Crippen molar-refractivity contribution in [2.24, 2.45) is 5.73 Å². The smallest absolute Gasteiger partial charge is 0.327 e. The first-order valence-corrected chi connectivity index (χ1v) is 5.35. The zero-order chi connectivity index (χ0) is 12.6. The minimum absolute atomic E-state index is 0.281. The molecule has 0 aromatic carbocycles. The maximum Gasteiger partial charge on any atom is 0.327 e. The van der Waals surface area contributed by atoms with Crippen molar-refractivity contribution in [3.63, 3.8) is 0 Å². The number of nitrogens with one attached hydrogen (secondary N) is 3. The van der Waals surface area contributed by atoms with Crippen LogP contribution in [0.25, 0.3) is 11.2 Å². The molecule has 0 atom stereocenters. The molecule has 0 amide bonds. The van der Waals surface area contributed by atoms with E-state index < -0.39 is 11.2 Å². The molecule has 0 spiro atoms. The van der Waals surface area contributed by atoms with Crippen LogP contribution in [0.4, 0.5) is 0 Å². The third-order valence-corrected chi connectivity index (χ3v) is 2.45. The van der Waals surface area contributed by atoms with Gasteiger partial charge in [-0.25, -0.2) is 9.78 Å². The number of H-pyrrole nitrogens is 3. The molecular formula is C10H15N5O2. The molecule has 0 saturated heterocycles. The predicted octanol–water partition coefficient (Wildman–Crippen LogP) is -0.391. The number of aryl methyl sites for hydroxylation is 1. The Hall–Kier alpha value is -1.89. The lowest BCUT2D eigenvalue weighted by Crippen LogP contribution is -2.32. The number of aromatic amines is 3. The standard InChI is InChI=1S/C10H15N5O2/c1-10(2,11)4-3-5-12-6-7(13-5)14-9(17)15-8(6)16/h3-4,11H2,1-2H3,(H3,12,13,14,15,16,17). The summed E-state index contributed by atoms with van der Waals surface area (Å²) in [6.45, 7) is 3.84. The molecular weight excluding hydrogens is 222 g/mol. The molecule has 0 fully saturated rings. The number of rotatable bonds is 3. The molecule has 0 unspecified atom stereocenters. The highest BCUT2D eigenvalue weighted by molar-refractivity contribution is 5.68. The number of fused-ring (bicyclic) bond motifs is 1. The number of imidazole rings is 1. The fourth-order valence-corrected chi connectivity index (χ4v) is 1.54. The molecule has 7 nitrogen and oxygen atoms in total. The molecule has 17 heavy (non-hydrogen) atoms. The lowest BCUT2D eigenvalue weighted by molar-refractivity contribution is 0.472. The van der Waals surface area contributed by atoms with E-state index in [4.69, 9.17) is 5.73 Å². The monoisotopic (exact) mass is 237 g/mol. The average molecular weight is 237 g/mol. The molecule has 0 radical (unpaired) electrons. The first-order chi connectivity index (χ1) is 7.85. The van der Waals surface area contributed by atoms with Crippen LogP contribution in [0.15, 0.2) is 9.59 Å². The van der Waals surface area contributed by atoms with E-state index in [-0.39, 0.29) is 16.7 Å². The van der Waals surface area contributed by atoms with E-state index in [2.05, 4.69) is 19.9 Å². The van der Waals surface area contributed by atoms with Crippen LogP contribution in [0.2, 0.25) is 0 Å². The third kappa shape index (κ3) is 2.62. The van der Waals surface area contributed by atoms with E-state index >= 15 is 0 Å². The molecule has 2 heterocycles. The van der Waals surface area contributed by atoms with E-state index in [1.807, 2.05) is 13.8 Å². The molecule has 2 rings (SSSR count). The van der Waals surface area contributed by atoms with Crippen molar-refractivity contribution >= 4 is 11.2 Å². The van der Waals surface area contributed by atoms with Gasteiger partial charge in [-0.15, -0.1) is 0 Å². The minimum Gasteiger partial charge on any atom is -0.336 e. The first kappa shape index (κ1) is 11.6.